The standard InChI is InChI=1S/C16H20Br2O6S/c1-3-5-7-21-15-11(9(17)13(19)23-15)25-12-10(18)14(20)24-16(12)22-8-6-4-2/h15-16H,3-8H2,1-2H3. The van der Waals surface area contributed by atoms with Crippen LogP contribution in [0.25, 0.3) is 0 Å². The van der Waals surface area contributed by atoms with Gasteiger partial charge in [-0.05, 0) is 44.7 Å². The topological polar surface area (TPSA) is 71.1 Å². The van der Waals surface area contributed by atoms with E-state index >= 15 is 0 Å². The van der Waals surface area contributed by atoms with Gasteiger partial charge in [-0.2, -0.15) is 0 Å². The summed E-state index contributed by atoms with van der Waals surface area (Å²) in [6, 6.07) is 0. The smallest absolute Gasteiger partial charge is 0.348 e. The summed E-state index contributed by atoms with van der Waals surface area (Å²) in [6.07, 6.45) is 2.08. The van der Waals surface area contributed by atoms with Crippen LogP contribution in [0, 0.1) is 0 Å². The number of hydrogen-bond donors (Lipinski definition) is 0. The minimum Gasteiger partial charge on any atom is -0.427 e. The highest BCUT2D eigenvalue weighted by Gasteiger charge is 2.40. The summed E-state index contributed by atoms with van der Waals surface area (Å²) in [5, 5.41) is 0. The zero-order chi connectivity index (χ0) is 18.4. The quantitative estimate of drug-likeness (QED) is 0.327. The van der Waals surface area contributed by atoms with Crippen molar-refractivity contribution in [2.45, 2.75) is 52.1 Å². The molecule has 6 nitrogen and oxygen atoms in total. The Labute approximate surface area is 167 Å². The molecule has 2 unspecified atom stereocenters. The monoisotopic (exact) mass is 498 g/mol. The molecule has 2 rings (SSSR count). The van der Waals surface area contributed by atoms with E-state index in [0.29, 0.717) is 32.0 Å². The van der Waals surface area contributed by atoms with Crippen molar-refractivity contribution < 1.29 is 28.5 Å². The van der Waals surface area contributed by atoms with Gasteiger partial charge in [0.25, 0.3) is 0 Å². The van der Waals surface area contributed by atoms with E-state index in [-0.39, 0.29) is 0 Å². The average molecular weight is 500 g/mol. The minimum atomic E-state index is -0.793. The highest BCUT2D eigenvalue weighted by molar-refractivity contribution is 9.12. The summed E-state index contributed by atoms with van der Waals surface area (Å²) in [6.45, 7) is 5.05. The van der Waals surface area contributed by atoms with Gasteiger partial charge in [-0.15, -0.1) is 0 Å². The highest BCUT2D eigenvalue weighted by atomic mass is 79.9. The molecule has 9 heteroatoms. The van der Waals surface area contributed by atoms with Gasteiger partial charge in [-0.3, -0.25) is 0 Å². The van der Waals surface area contributed by atoms with E-state index in [1.807, 2.05) is 13.8 Å². The third-order valence-corrected chi connectivity index (χ3v) is 6.66. The van der Waals surface area contributed by atoms with Crippen molar-refractivity contribution in [3.8, 4) is 0 Å². The van der Waals surface area contributed by atoms with E-state index in [2.05, 4.69) is 31.9 Å². The van der Waals surface area contributed by atoms with Gasteiger partial charge in [-0.1, -0.05) is 38.5 Å². The van der Waals surface area contributed by atoms with E-state index in [1.54, 1.807) is 0 Å². The number of carbonyl (C=O) groups excluding carboxylic acids is 2. The van der Waals surface area contributed by atoms with Crippen molar-refractivity contribution in [2.75, 3.05) is 13.2 Å². The Hall–Kier alpha value is -0.350. The third kappa shape index (κ3) is 5.32. The molecule has 0 aromatic heterocycles. The maximum Gasteiger partial charge on any atom is 0.348 e. The fourth-order valence-corrected chi connectivity index (χ4v) is 4.06. The van der Waals surface area contributed by atoms with Crippen LogP contribution in [-0.2, 0) is 28.5 Å². The van der Waals surface area contributed by atoms with E-state index in [0.717, 1.165) is 25.7 Å². The van der Waals surface area contributed by atoms with Crippen LogP contribution in [0.4, 0.5) is 0 Å². The molecule has 0 amide bonds. The van der Waals surface area contributed by atoms with Gasteiger partial charge >= 0.3 is 11.9 Å². The van der Waals surface area contributed by atoms with Gasteiger partial charge in [0.15, 0.2) is 0 Å². The lowest BCUT2D eigenvalue weighted by Gasteiger charge is -2.18. The Balaban J connectivity index is 2.12. The number of thioether (sulfide) groups is 1. The number of ether oxygens (including phenoxy) is 4. The van der Waals surface area contributed by atoms with Crippen molar-refractivity contribution in [1.29, 1.82) is 0 Å². The van der Waals surface area contributed by atoms with E-state index in [1.165, 1.54) is 11.8 Å². The summed E-state index contributed by atoms with van der Waals surface area (Å²) in [7, 11) is 0. The van der Waals surface area contributed by atoms with Crippen molar-refractivity contribution >= 4 is 55.6 Å². The predicted molar refractivity (Wildman–Crippen MR) is 101 cm³/mol. The number of rotatable bonds is 10. The van der Waals surface area contributed by atoms with Crippen molar-refractivity contribution in [3.63, 3.8) is 0 Å². The molecular formula is C16H20Br2O6S. The predicted octanol–water partition coefficient (Wildman–Crippen LogP) is 4.33. The lowest BCUT2D eigenvalue weighted by molar-refractivity contribution is -0.159. The number of carbonyl (C=O) groups is 2. The van der Waals surface area contributed by atoms with Crippen LogP contribution in [0.3, 0.4) is 0 Å². The van der Waals surface area contributed by atoms with Crippen LogP contribution in [0.15, 0.2) is 18.8 Å². The Kier molecular flexibility index (Phi) is 8.47. The second kappa shape index (κ2) is 10.1. The zero-order valence-electron chi connectivity index (χ0n) is 14.0. The molecule has 0 aromatic carbocycles. The minimum absolute atomic E-state index is 0.290. The van der Waals surface area contributed by atoms with Gasteiger partial charge in [0.05, 0.1) is 23.0 Å². The van der Waals surface area contributed by atoms with Crippen LogP contribution in [0.5, 0.6) is 0 Å². The molecule has 0 spiro atoms. The summed E-state index contributed by atoms with van der Waals surface area (Å²) in [4.78, 5) is 24.8. The van der Waals surface area contributed by atoms with Gasteiger partial charge in [0.2, 0.25) is 12.6 Å². The van der Waals surface area contributed by atoms with Crippen molar-refractivity contribution in [2.24, 2.45) is 0 Å². The molecule has 25 heavy (non-hydrogen) atoms. The largest absolute Gasteiger partial charge is 0.427 e. The Morgan fingerprint density at radius 2 is 1.28 bits per heavy atom. The molecule has 0 fully saturated rings. The number of esters is 2. The molecule has 2 aliphatic rings. The van der Waals surface area contributed by atoms with Crippen LogP contribution >= 0.6 is 43.6 Å². The SMILES string of the molecule is CCCCOC1OC(=O)C(Br)=C1SC1=C(Br)C(=O)OC1OCCCC. The van der Waals surface area contributed by atoms with Gasteiger partial charge in [-0.25, -0.2) is 9.59 Å². The molecule has 0 radical (unpaired) electrons. The molecular weight excluding hydrogens is 480 g/mol. The molecule has 0 saturated heterocycles. The van der Waals surface area contributed by atoms with Gasteiger partial charge < -0.3 is 18.9 Å². The van der Waals surface area contributed by atoms with Crippen molar-refractivity contribution in [3.05, 3.63) is 18.8 Å². The van der Waals surface area contributed by atoms with E-state index < -0.39 is 24.5 Å². The fraction of sp³-hybridized carbons (Fsp3) is 0.625. The molecule has 0 aromatic rings. The summed E-state index contributed by atoms with van der Waals surface area (Å²) < 4.78 is 22.3. The second-order valence-corrected chi connectivity index (χ2v) is 8.05. The Bertz CT molecular complexity index is 539. The fourth-order valence-electron chi connectivity index (χ4n) is 2.01. The van der Waals surface area contributed by atoms with Gasteiger partial charge in [0.1, 0.15) is 8.96 Å². The van der Waals surface area contributed by atoms with Crippen LogP contribution < -0.4 is 0 Å². The highest BCUT2D eigenvalue weighted by Crippen LogP contribution is 2.45. The second-order valence-electron chi connectivity index (χ2n) is 5.38. The van der Waals surface area contributed by atoms with Crippen LogP contribution in [0.2, 0.25) is 0 Å². The first-order valence-electron chi connectivity index (χ1n) is 8.11. The van der Waals surface area contributed by atoms with Crippen molar-refractivity contribution in [1.82, 2.24) is 0 Å². The lowest BCUT2D eigenvalue weighted by atomic mass is 10.4. The van der Waals surface area contributed by atoms with Crippen LogP contribution in [-0.4, -0.2) is 37.7 Å². The van der Waals surface area contributed by atoms with Gasteiger partial charge in [0, 0.05) is 0 Å². The van der Waals surface area contributed by atoms with E-state index in [9.17, 15) is 9.59 Å². The lowest BCUT2D eigenvalue weighted by Crippen LogP contribution is -2.18. The molecule has 2 heterocycles. The molecule has 0 saturated carbocycles. The molecule has 0 N–H and O–H groups in total. The summed E-state index contributed by atoms with van der Waals surface area (Å²) >= 11 is 7.69. The number of hydrogen-bond acceptors (Lipinski definition) is 7. The number of cyclic esters (lactones) is 2. The third-order valence-electron chi connectivity index (χ3n) is 3.40. The maximum atomic E-state index is 11.9. The molecule has 2 aliphatic heterocycles. The maximum absolute atomic E-state index is 11.9. The summed E-state index contributed by atoms with van der Waals surface area (Å²) in [5.41, 5.74) is 0. The average Bonchev–Trinajstić information content (AvgIpc) is 3.00. The first-order valence-corrected chi connectivity index (χ1v) is 10.5. The molecule has 0 aliphatic carbocycles. The Morgan fingerprint density at radius 1 is 0.880 bits per heavy atom. The number of unbranched alkanes of at least 4 members (excludes halogenated alkanes) is 2. The molecule has 2 atom stereocenters. The number of halogens is 2. The Morgan fingerprint density at radius 3 is 1.64 bits per heavy atom. The van der Waals surface area contributed by atoms with Crippen LogP contribution in [0.1, 0.15) is 39.5 Å². The first-order chi connectivity index (χ1) is 12.0. The zero-order valence-corrected chi connectivity index (χ0v) is 18.0. The van der Waals surface area contributed by atoms with E-state index in [4.69, 9.17) is 18.9 Å². The molecule has 0 bridgehead atoms. The normalized spacial score (nSPS) is 23.5. The summed E-state index contributed by atoms with van der Waals surface area (Å²) in [5.74, 6) is -0.983. The first kappa shape index (κ1) is 21.0. The molecule has 140 valence electrons.